The highest BCUT2D eigenvalue weighted by Gasteiger charge is 2.26. The lowest BCUT2D eigenvalue weighted by atomic mass is 10.0. The van der Waals surface area contributed by atoms with Crippen molar-refractivity contribution < 1.29 is 13.9 Å². The Kier molecular flexibility index (Phi) is 4.43. The zero-order valence-corrected chi connectivity index (χ0v) is 14.9. The van der Waals surface area contributed by atoms with Gasteiger partial charge in [0.25, 0.3) is 0 Å². The summed E-state index contributed by atoms with van der Waals surface area (Å²) in [5.41, 5.74) is 2.53. The van der Waals surface area contributed by atoms with Gasteiger partial charge in [0.15, 0.2) is 0 Å². The van der Waals surface area contributed by atoms with Crippen LogP contribution in [0.1, 0.15) is 11.4 Å². The number of nitrogens with zero attached hydrogens (tertiary/aromatic N) is 3. The molecule has 2 heterocycles. The van der Waals surface area contributed by atoms with Gasteiger partial charge in [0.2, 0.25) is 5.91 Å². The molecule has 5 nitrogen and oxygen atoms in total. The van der Waals surface area contributed by atoms with Gasteiger partial charge < -0.3 is 14.2 Å². The van der Waals surface area contributed by atoms with E-state index in [1.165, 1.54) is 11.0 Å². The smallest absolute Gasteiger partial charge is 0.218 e. The Bertz CT molecular complexity index is 1020. The zero-order chi connectivity index (χ0) is 19.0. The first kappa shape index (κ1) is 17.3. The molecule has 0 spiro atoms. The van der Waals surface area contributed by atoms with Gasteiger partial charge in [-0.3, -0.25) is 4.79 Å². The average molecular weight is 361 g/mol. The molecular formula is C20H17BFN3O2. The van der Waals surface area contributed by atoms with Crippen LogP contribution in [0.25, 0.3) is 11.3 Å². The molecule has 1 aliphatic rings. The first-order chi connectivity index (χ1) is 13.1. The summed E-state index contributed by atoms with van der Waals surface area (Å²) in [6, 6.07) is 12.3. The quantitative estimate of drug-likeness (QED) is 0.674. The lowest BCUT2D eigenvalue weighted by Crippen LogP contribution is -2.30. The molecule has 0 saturated heterocycles. The summed E-state index contributed by atoms with van der Waals surface area (Å²) in [5.74, 6) is 0.723. The Balaban J connectivity index is 1.84. The van der Waals surface area contributed by atoms with E-state index in [0.29, 0.717) is 28.5 Å². The molecule has 0 saturated carbocycles. The number of carbonyl (C=O) groups is 1. The number of benzene rings is 2. The van der Waals surface area contributed by atoms with Crippen LogP contribution in [0.4, 0.5) is 10.1 Å². The molecule has 27 heavy (non-hydrogen) atoms. The molecule has 7 heteroatoms. The van der Waals surface area contributed by atoms with Crippen LogP contribution in [0.2, 0.25) is 6.32 Å². The highest BCUT2D eigenvalue weighted by atomic mass is 19.1. The number of hydrogen-bond acceptors (Lipinski definition) is 3. The number of carbonyl (C=O) groups excluding carboxylic acids is 1. The summed E-state index contributed by atoms with van der Waals surface area (Å²) < 4.78 is 21.8. The Morgan fingerprint density at radius 2 is 2.04 bits per heavy atom. The maximum atomic E-state index is 14.5. The molecule has 1 amide bonds. The average Bonchev–Trinajstić information content (AvgIpc) is 3.02. The second-order valence-electron chi connectivity index (χ2n) is 6.29. The Labute approximate surface area is 157 Å². The fourth-order valence-corrected chi connectivity index (χ4v) is 3.39. The number of methoxy groups -OCH3 is 1. The number of halogens is 1. The number of ether oxygens (including phenoxy) is 1. The van der Waals surface area contributed by atoms with Gasteiger partial charge in [0.05, 0.1) is 39.4 Å². The number of aromatic nitrogens is 2. The van der Waals surface area contributed by atoms with Crippen molar-refractivity contribution in [3.8, 4) is 17.0 Å². The highest BCUT2D eigenvalue weighted by molar-refractivity contribution is 6.22. The molecule has 0 N–H and O–H groups in total. The fraction of sp³-hybridized carbons (Fsp3) is 0.200. The van der Waals surface area contributed by atoms with Crippen LogP contribution in [-0.2, 0) is 17.9 Å². The largest absolute Gasteiger partial charge is 0.496 e. The summed E-state index contributed by atoms with van der Waals surface area (Å²) in [7, 11) is 7.18. The highest BCUT2D eigenvalue weighted by Crippen LogP contribution is 2.33. The Hall–Kier alpha value is -3.09. The molecule has 2 radical (unpaired) electrons. The number of hydrogen-bond donors (Lipinski definition) is 0. The van der Waals surface area contributed by atoms with Crippen LogP contribution in [0.5, 0.6) is 5.75 Å². The van der Waals surface area contributed by atoms with E-state index in [4.69, 9.17) is 17.6 Å². The first-order valence-corrected chi connectivity index (χ1v) is 8.59. The van der Waals surface area contributed by atoms with Gasteiger partial charge in [-0.1, -0.05) is 18.2 Å². The number of para-hydroxylation sites is 1. The van der Waals surface area contributed by atoms with Gasteiger partial charge in [-0.05, 0) is 30.6 Å². The monoisotopic (exact) mass is 361 g/mol. The van der Waals surface area contributed by atoms with Crippen LogP contribution >= 0.6 is 0 Å². The molecule has 1 aromatic heterocycles. The van der Waals surface area contributed by atoms with Crippen LogP contribution < -0.4 is 9.64 Å². The maximum Gasteiger partial charge on any atom is 0.218 e. The Morgan fingerprint density at radius 3 is 2.81 bits per heavy atom. The second kappa shape index (κ2) is 6.91. The first-order valence-electron chi connectivity index (χ1n) is 8.59. The minimum Gasteiger partial charge on any atom is -0.496 e. The van der Waals surface area contributed by atoms with Crippen LogP contribution in [0.15, 0.2) is 48.7 Å². The van der Waals surface area contributed by atoms with E-state index >= 15 is 0 Å². The van der Waals surface area contributed by atoms with Gasteiger partial charge >= 0.3 is 0 Å². The summed E-state index contributed by atoms with van der Waals surface area (Å²) in [4.78, 5) is 18.6. The van der Waals surface area contributed by atoms with Crippen molar-refractivity contribution in [2.45, 2.75) is 19.4 Å². The number of amides is 1. The fourth-order valence-electron chi connectivity index (χ4n) is 3.39. The van der Waals surface area contributed by atoms with E-state index < -0.39 is 0 Å². The van der Waals surface area contributed by atoms with Gasteiger partial charge in [-0.25, -0.2) is 9.37 Å². The molecule has 0 unspecified atom stereocenters. The van der Waals surface area contributed by atoms with Crippen molar-refractivity contribution in [3.05, 3.63) is 65.9 Å². The molecule has 134 valence electrons. The maximum absolute atomic E-state index is 14.5. The third kappa shape index (κ3) is 2.99. The van der Waals surface area contributed by atoms with Crippen LogP contribution in [0.3, 0.4) is 0 Å². The SMILES string of the molecule is [B]CC(=O)N1Cc2nc(-c3ccccc3OC)cn2Cc2c(F)cccc21. The molecule has 0 bridgehead atoms. The molecule has 2 aromatic carbocycles. The van der Waals surface area contributed by atoms with Crippen molar-refractivity contribution in [1.29, 1.82) is 0 Å². The number of fused-ring (bicyclic) bond motifs is 2. The van der Waals surface area contributed by atoms with Crippen molar-refractivity contribution >= 4 is 19.4 Å². The predicted octanol–water partition coefficient (Wildman–Crippen LogP) is 3.18. The van der Waals surface area contributed by atoms with Crippen LogP contribution in [-0.4, -0.2) is 30.4 Å². The van der Waals surface area contributed by atoms with Crippen molar-refractivity contribution in [2.75, 3.05) is 12.0 Å². The third-order valence-corrected chi connectivity index (χ3v) is 4.73. The number of anilines is 1. The molecule has 0 atom stereocenters. The van der Waals surface area contributed by atoms with E-state index in [1.807, 2.05) is 35.0 Å². The minimum absolute atomic E-state index is 0.157. The van der Waals surface area contributed by atoms with Gasteiger partial charge in [0.1, 0.15) is 17.4 Å². The number of rotatable bonds is 3. The lowest BCUT2D eigenvalue weighted by Gasteiger charge is -2.22. The van der Waals surface area contributed by atoms with Crippen molar-refractivity contribution in [2.24, 2.45) is 0 Å². The normalized spacial score (nSPS) is 12.9. The predicted molar refractivity (Wildman–Crippen MR) is 101 cm³/mol. The topological polar surface area (TPSA) is 47.4 Å². The van der Waals surface area contributed by atoms with E-state index in [2.05, 4.69) is 0 Å². The molecule has 3 aromatic rings. The van der Waals surface area contributed by atoms with Crippen molar-refractivity contribution in [1.82, 2.24) is 9.55 Å². The van der Waals surface area contributed by atoms with Gasteiger partial charge in [0, 0.05) is 17.3 Å². The number of imidazole rings is 1. The molecule has 0 fully saturated rings. The molecule has 0 aliphatic carbocycles. The lowest BCUT2D eigenvalue weighted by molar-refractivity contribution is -0.116. The summed E-state index contributed by atoms with van der Waals surface area (Å²) in [6.07, 6.45) is 1.70. The van der Waals surface area contributed by atoms with E-state index in [9.17, 15) is 9.18 Å². The van der Waals surface area contributed by atoms with E-state index in [-0.39, 0.29) is 31.1 Å². The standard InChI is InChI=1S/C20H17BFN3O2/c1-27-18-8-3-2-5-13(18)16-11-24-10-14-15(22)6-4-7-17(14)25(20(26)9-21)12-19(24)23-16/h2-8,11H,9-10,12H2,1H3. The van der Waals surface area contributed by atoms with Crippen molar-refractivity contribution in [3.63, 3.8) is 0 Å². The summed E-state index contributed by atoms with van der Waals surface area (Å²) >= 11 is 0. The van der Waals surface area contributed by atoms with E-state index in [1.54, 1.807) is 19.2 Å². The van der Waals surface area contributed by atoms with E-state index in [0.717, 1.165) is 5.56 Å². The van der Waals surface area contributed by atoms with Gasteiger partial charge in [-0.15, -0.1) is 0 Å². The summed E-state index contributed by atoms with van der Waals surface area (Å²) in [6.45, 7) is 0.509. The Morgan fingerprint density at radius 1 is 1.22 bits per heavy atom. The minimum atomic E-state index is -0.359. The third-order valence-electron chi connectivity index (χ3n) is 4.73. The summed E-state index contributed by atoms with van der Waals surface area (Å²) in [5, 5.41) is 0. The molecule has 4 rings (SSSR count). The van der Waals surface area contributed by atoms with Gasteiger partial charge in [-0.2, -0.15) is 0 Å². The van der Waals surface area contributed by atoms with Crippen LogP contribution in [0, 0.1) is 5.82 Å². The second-order valence-corrected chi connectivity index (χ2v) is 6.29. The molecule has 1 aliphatic heterocycles. The zero-order valence-electron chi connectivity index (χ0n) is 14.9. The molecular weight excluding hydrogens is 344 g/mol.